The summed E-state index contributed by atoms with van der Waals surface area (Å²) < 4.78 is 2.99. The summed E-state index contributed by atoms with van der Waals surface area (Å²) in [6.07, 6.45) is 0. The van der Waals surface area contributed by atoms with Crippen LogP contribution >= 0.6 is 15.9 Å². The van der Waals surface area contributed by atoms with Crippen LogP contribution in [0, 0.1) is 25.2 Å². The summed E-state index contributed by atoms with van der Waals surface area (Å²) in [6, 6.07) is 10.4. The molecule has 0 saturated heterocycles. The lowest BCUT2D eigenvalue weighted by Gasteiger charge is -2.08. The molecule has 1 heterocycles. The fourth-order valence-corrected chi connectivity index (χ4v) is 2.69. The van der Waals surface area contributed by atoms with Gasteiger partial charge in [0, 0.05) is 29.4 Å². The minimum Gasteiger partial charge on any atom is -0.381 e. The molecule has 0 spiro atoms. The second-order valence-corrected chi connectivity index (χ2v) is 5.60. The van der Waals surface area contributed by atoms with Crippen LogP contribution in [-0.4, -0.2) is 4.57 Å². The molecule has 1 N–H and O–H groups in total. The average Bonchev–Trinajstić information content (AvgIpc) is 2.62. The lowest BCUT2D eigenvalue weighted by molar-refractivity contribution is 0.856. The molecule has 0 aliphatic carbocycles. The fraction of sp³-hybridized carbons (Fsp3) is 0.267. The summed E-state index contributed by atoms with van der Waals surface area (Å²) in [5.41, 5.74) is 5.25. The standard InChI is InChI=1S/C15H16BrN3/c1-10-4-13(16)7-14(5-10)18-9-12-6-15(8-17)19(3)11(12)2/h4-7,18H,9H2,1-3H3. The zero-order valence-electron chi connectivity index (χ0n) is 11.3. The van der Waals surface area contributed by atoms with E-state index in [0.29, 0.717) is 5.69 Å². The molecule has 98 valence electrons. The Morgan fingerprint density at radius 2 is 2.00 bits per heavy atom. The molecule has 0 amide bonds. The third kappa shape index (κ3) is 2.99. The number of hydrogen-bond donors (Lipinski definition) is 1. The first kappa shape index (κ1) is 13.7. The smallest absolute Gasteiger partial charge is 0.120 e. The summed E-state index contributed by atoms with van der Waals surface area (Å²) >= 11 is 3.49. The van der Waals surface area contributed by atoms with Crippen LogP contribution in [0.15, 0.2) is 28.7 Å². The second-order valence-electron chi connectivity index (χ2n) is 4.68. The Labute approximate surface area is 122 Å². The van der Waals surface area contributed by atoms with Gasteiger partial charge in [0.05, 0.1) is 0 Å². The zero-order chi connectivity index (χ0) is 14.0. The normalized spacial score (nSPS) is 10.3. The Kier molecular flexibility index (Phi) is 3.96. The van der Waals surface area contributed by atoms with Crippen LogP contribution in [0.3, 0.4) is 0 Å². The number of aryl methyl sites for hydroxylation is 1. The molecule has 1 aromatic heterocycles. The number of benzene rings is 1. The molecule has 2 aromatic rings. The third-order valence-corrected chi connectivity index (χ3v) is 3.74. The molecule has 0 fully saturated rings. The van der Waals surface area contributed by atoms with Gasteiger partial charge in [-0.3, -0.25) is 0 Å². The first-order valence-corrected chi connectivity index (χ1v) is 6.87. The monoisotopic (exact) mass is 317 g/mol. The van der Waals surface area contributed by atoms with Gasteiger partial charge in [-0.2, -0.15) is 5.26 Å². The van der Waals surface area contributed by atoms with Crippen molar-refractivity contribution < 1.29 is 0 Å². The van der Waals surface area contributed by atoms with Gasteiger partial charge in [0.1, 0.15) is 11.8 Å². The Morgan fingerprint density at radius 1 is 1.26 bits per heavy atom. The van der Waals surface area contributed by atoms with E-state index in [-0.39, 0.29) is 0 Å². The van der Waals surface area contributed by atoms with Crippen molar-refractivity contribution in [2.24, 2.45) is 7.05 Å². The van der Waals surface area contributed by atoms with Crippen molar-refractivity contribution in [1.82, 2.24) is 4.57 Å². The maximum atomic E-state index is 9.02. The molecule has 0 aliphatic heterocycles. The van der Waals surface area contributed by atoms with Crippen molar-refractivity contribution in [3.63, 3.8) is 0 Å². The Hall–Kier alpha value is -1.73. The molecule has 4 heteroatoms. The van der Waals surface area contributed by atoms with Gasteiger partial charge in [-0.15, -0.1) is 0 Å². The first-order chi connectivity index (χ1) is 9.01. The van der Waals surface area contributed by atoms with Crippen molar-refractivity contribution in [1.29, 1.82) is 5.26 Å². The molecule has 0 bridgehead atoms. The highest BCUT2D eigenvalue weighted by atomic mass is 79.9. The van der Waals surface area contributed by atoms with Gasteiger partial charge < -0.3 is 9.88 Å². The van der Waals surface area contributed by atoms with E-state index in [1.807, 2.05) is 24.6 Å². The van der Waals surface area contributed by atoms with Crippen LogP contribution in [-0.2, 0) is 13.6 Å². The molecule has 0 unspecified atom stereocenters. The van der Waals surface area contributed by atoms with E-state index in [9.17, 15) is 0 Å². The molecule has 0 radical (unpaired) electrons. The van der Waals surface area contributed by atoms with Gasteiger partial charge in [-0.05, 0) is 49.2 Å². The van der Waals surface area contributed by atoms with Crippen LogP contribution in [0.5, 0.6) is 0 Å². The first-order valence-electron chi connectivity index (χ1n) is 6.07. The van der Waals surface area contributed by atoms with Crippen LogP contribution in [0.4, 0.5) is 5.69 Å². The van der Waals surface area contributed by atoms with E-state index in [4.69, 9.17) is 5.26 Å². The number of hydrogen-bond acceptors (Lipinski definition) is 2. The summed E-state index contributed by atoms with van der Waals surface area (Å²) in [5, 5.41) is 12.4. The minimum atomic E-state index is 0.694. The largest absolute Gasteiger partial charge is 0.381 e. The molecule has 0 atom stereocenters. The van der Waals surface area contributed by atoms with Crippen molar-refractivity contribution in [2.45, 2.75) is 20.4 Å². The number of nitrogens with one attached hydrogen (secondary N) is 1. The number of nitriles is 1. The number of halogens is 1. The lowest BCUT2D eigenvalue weighted by atomic mass is 10.2. The fourth-order valence-electron chi connectivity index (χ4n) is 2.08. The van der Waals surface area contributed by atoms with Gasteiger partial charge in [-0.1, -0.05) is 15.9 Å². The SMILES string of the molecule is Cc1cc(Br)cc(NCc2cc(C#N)n(C)c2C)c1. The Balaban J connectivity index is 2.17. The highest BCUT2D eigenvalue weighted by Gasteiger charge is 2.08. The van der Waals surface area contributed by atoms with E-state index < -0.39 is 0 Å². The van der Waals surface area contributed by atoms with Gasteiger partial charge in [0.15, 0.2) is 0 Å². The quantitative estimate of drug-likeness (QED) is 0.933. The van der Waals surface area contributed by atoms with Crippen molar-refractivity contribution in [2.75, 3.05) is 5.32 Å². The Morgan fingerprint density at radius 3 is 2.58 bits per heavy atom. The number of rotatable bonds is 3. The molecule has 1 aromatic carbocycles. The lowest BCUT2D eigenvalue weighted by Crippen LogP contribution is -2.01. The minimum absolute atomic E-state index is 0.694. The van der Waals surface area contributed by atoms with E-state index in [1.165, 1.54) is 5.56 Å². The van der Waals surface area contributed by atoms with Crippen molar-refractivity contribution in [3.05, 3.63) is 51.3 Å². The summed E-state index contributed by atoms with van der Waals surface area (Å²) in [4.78, 5) is 0. The topological polar surface area (TPSA) is 40.8 Å². The van der Waals surface area contributed by atoms with Crippen molar-refractivity contribution in [3.8, 4) is 6.07 Å². The van der Waals surface area contributed by atoms with Crippen LogP contribution < -0.4 is 5.32 Å². The predicted octanol–water partition coefficient (Wildman–Crippen LogP) is 3.89. The highest BCUT2D eigenvalue weighted by molar-refractivity contribution is 9.10. The molecule has 0 saturated carbocycles. The second kappa shape index (κ2) is 5.50. The maximum absolute atomic E-state index is 9.02. The van der Waals surface area contributed by atoms with E-state index in [0.717, 1.165) is 28.0 Å². The molecular weight excluding hydrogens is 302 g/mol. The van der Waals surface area contributed by atoms with Gasteiger partial charge in [0.25, 0.3) is 0 Å². The van der Waals surface area contributed by atoms with Crippen molar-refractivity contribution >= 4 is 21.6 Å². The average molecular weight is 318 g/mol. The number of aromatic nitrogens is 1. The van der Waals surface area contributed by atoms with E-state index >= 15 is 0 Å². The molecule has 0 aliphatic rings. The van der Waals surface area contributed by atoms with Crippen LogP contribution in [0.25, 0.3) is 0 Å². The molecular formula is C15H16BrN3. The van der Waals surface area contributed by atoms with Gasteiger partial charge >= 0.3 is 0 Å². The predicted molar refractivity (Wildman–Crippen MR) is 81.1 cm³/mol. The third-order valence-electron chi connectivity index (χ3n) is 3.28. The molecule has 2 rings (SSSR count). The molecule has 19 heavy (non-hydrogen) atoms. The zero-order valence-corrected chi connectivity index (χ0v) is 12.9. The van der Waals surface area contributed by atoms with E-state index in [2.05, 4.69) is 52.4 Å². The summed E-state index contributed by atoms with van der Waals surface area (Å²) in [7, 11) is 1.92. The Bertz CT molecular complexity index is 630. The summed E-state index contributed by atoms with van der Waals surface area (Å²) in [6.45, 7) is 4.82. The van der Waals surface area contributed by atoms with E-state index in [1.54, 1.807) is 0 Å². The summed E-state index contributed by atoms with van der Waals surface area (Å²) in [5.74, 6) is 0. The van der Waals surface area contributed by atoms with Gasteiger partial charge in [-0.25, -0.2) is 0 Å². The number of anilines is 1. The number of nitrogens with zero attached hydrogens (tertiary/aromatic N) is 2. The van der Waals surface area contributed by atoms with Crippen LogP contribution in [0.2, 0.25) is 0 Å². The van der Waals surface area contributed by atoms with Crippen LogP contribution in [0.1, 0.15) is 22.5 Å². The highest BCUT2D eigenvalue weighted by Crippen LogP contribution is 2.21. The van der Waals surface area contributed by atoms with Gasteiger partial charge in [0.2, 0.25) is 0 Å². The molecule has 3 nitrogen and oxygen atoms in total. The maximum Gasteiger partial charge on any atom is 0.120 e.